The number of carbonyl (C=O) groups is 3. The van der Waals surface area contributed by atoms with Crippen LogP contribution in [0.2, 0.25) is 0 Å². The summed E-state index contributed by atoms with van der Waals surface area (Å²) in [4.78, 5) is 41.7. The van der Waals surface area contributed by atoms with Crippen LogP contribution >= 0.6 is 0 Å². The molecule has 0 unspecified atom stereocenters. The molecular formula is C28H27N3O3. The lowest BCUT2D eigenvalue weighted by Crippen LogP contribution is -2.29. The standard InChI is InChI=1S/C28H27N3O3/c32-26(29-17-20-10-12-21(13-11-20)18-30-14-3-4-15-30)23-7-5-6-22(16-23)19-31-27(33)24-8-1-2-9-25(24)28(31)34/h1-2,5-13,16H,3-4,14-15,17-19H2,(H,29,32). The fraction of sp³-hybridized carbons (Fsp3) is 0.250. The summed E-state index contributed by atoms with van der Waals surface area (Å²) in [6.07, 6.45) is 2.56. The first-order valence-corrected chi connectivity index (χ1v) is 11.7. The summed E-state index contributed by atoms with van der Waals surface area (Å²) in [6, 6.07) is 22.3. The second kappa shape index (κ2) is 9.61. The summed E-state index contributed by atoms with van der Waals surface area (Å²) in [5.41, 5.74) is 4.41. The maximum absolute atomic E-state index is 12.7. The van der Waals surface area contributed by atoms with Crippen molar-refractivity contribution in [3.05, 3.63) is 106 Å². The molecule has 2 aliphatic rings. The van der Waals surface area contributed by atoms with Crippen LogP contribution in [0.4, 0.5) is 0 Å². The van der Waals surface area contributed by atoms with Gasteiger partial charge in [0.15, 0.2) is 0 Å². The van der Waals surface area contributed by atoms with Gasteiger partial charge < -0.3 is 5.32 Å². The number of nitrogens with one attached hydrogen (secondary N) is 1. The lowest BCUT2D eigenvalue weighted by Gasteiger charge is -2.15. The van der Waals surface area contributed by atoms with Crippen molar-refractivity contribution in [1.82, 2.24) is 15.1 Å². The van der Waals surface area contributed by atoms with Crippen molar-refractivity contribution in [1.29, 1.82) is 0 Å². The number of likely N-dealkylation sites (tertiary alicyclic amines) is 1. The van der Waals surface area contributed by atoms with Crippen LogP contribution in [0, 0.1) is 0 Å². The third-order valence-corrected chi connectivity index (χ3v) is 6.49. The highest BCUT2D eigenvalue weighted by Gasteiger charge is 2.35. The highest BCUT2D eigenvalue weighted by atomic mass is 16.2. The zero-order valence-electron chi connectivity index (χ0n) is 19.0. The number of amides is 3. The highest BCUT2D eigenvalue weighted by Crippen LogP contribution is 2.24. The van der Waals surface area contributed by atoms with Crippen molar-refractivity contribution in [2.45, 2.75) is 32.5 Å². The van der Waals surface area contributed by atoms with Gasteiger partial charge in [-0.3, -0.25) is 24.2 Å². The van der Waals surface area contributed by atoms with Crippen molar-refractivity contribution in [3.63, 3.8) is 0 Å². The van der Waals surface area contributed by atoms with Crippen molar-refractivity contribution in [2.24, 2.45) is 0 Å². The van der Waals surface area contributed by atoms with Gasteiger partial charge in [0.2, 0.25) is 0 Å². The zero-order valence-corrected chi connectivity index (χ0v) is 19.0. The molecule has 0 aliphatic carbocycles. The molecule has 0 bridgehead atoms. The highest BCUT2D eigenvalue weighted by molar-refractivity contribution is 6.21. The number of hydrogen-bond donors (Lipinski definition) is 1. The molecule has 0 spiro atoms. The van der Waals surface area contributed by atoms with Gasteiger partial charge in [-0.05, 0) is 66.9 Å². The van der Waals surface area contributed by atoms with Crippen molar-refractivity contribution < 1.29 is 14.4 Å². The average molecular weight is 454 g/mol. The van der Waals surface area contributed by atoms with Gasteiger partial charge in [-0.15, -0.1) is 0 Å². The minimum atomic E-state index is -0.302. The third kappa shape index (κ3) is 4.63. The normalized spacial score (nSPS) is 15.6. The van der Waals surface area contributed by atoms with E-state index in [9.17, 15) is 14.4 Å². The van der Waals surface area contributed by atoms with Crippen LogP contribution in [0.25, 0.3) is 0 Å². The van der Waals surface area contributed by atoms with Crippen LogP contribution in [0.5, 0.6) is 0 Å². The lowest BCUT2D eigenvalue weighted by atomic mass is 10.1. The number of benzene rings is 3. The second-order valence-electron chi connectivity index (χ2n) is 8.92. The van der Waals surface area contributed by atoms with Crippen LogP contribution in [0.15, 0.2) is 72.8 Å². The Bertz CT molecular complexity index is 1190. The van der Waals surface area contributed by atoms with Crippen molar-refractivity contribution in [2.75, 3.05) is 13.1 Å². The Morgan fingerprint density at radius 2 is 1.38 bits per heavy atom. The van der Waals surface area contributed by atoms with Crippen LogP contribution in [0.3, 0.4) is 0 Å². The first kappa shape index (κ1) is 22.0. The van der Waals surface area contributed by atoms with E-state index in [0.29, 0.717) is 23.2 Å². The number of rotatable bonds is 7. The fourth-order valence-corrected chi connectivity index (χ4v) is 4.62. The van der Waals surface area contributed by atoms with Gasteiger partial charge in [-0.1, -0.05) is 48.5 Å². The lowest BCUT2D eigenvalue weighted by molar-refractivity contribution is 0.0642. The molecule has 5 rings (SSSR count). The maximum atomic E-state index is 12.7. The molecule has 0 saturated carbocycles. The van der Waals surface area contributed by atoms with E-state index in [2.05, 4.69) is 34.5 Å². The largest absolute Gasteiger partial charge is 0.348 e. The summed E-state index contributed by atoms with van der Waals surface area (Å²) in [5, 5.41) is 2.96. The zero-order chi connectivity index (χ0) is 23.5. The molecule has 3 amide bonds. The summed E-state index contributed by atoms with van der Waals surface area (Å²) < 4.78 is 0. The van der Waals surface area contributed by atoms with Crippen LogP contribution < -0.4 is 5.32 Å². The maximum Gasteiger partial charge on any atom is 0.261 e. The number of imide groups is 1. The van der Waals surface area contributed by atoms with E-state index in [1.165, 1.54) is 36.4 Å². The molecule has 3 aromatic carbocycles. The molecule has 0 atom stereocenters. The first-order chi connectivity index (χ1) is 16.6. The van der Waals surface area contributed by atoms with E-state index in [1.54, 1.807) is 42.5 Å². The Morgan fingerprint density at radius 3 is 2.06 bits per heavy atom. The summed E-state index contributed by atoms with van der Waals surface area (Å²) in [7, 11) is 0. The monoisotopic (exact) mass is 453 g/mol. The molecule has 6 nitrogen and oxygen atoms in total. The smallest absolute Gasteiger partial charge is 0.261 e. The third-order valence-electron chi connectivity index (χ3n) is 6.49. The van der Waals surface area contributed by atoms with Crippen molar-refractivity contribution >= 4 is 17.7 Å². The Balaban J connectivity index is 1.19. The Kier molecular flexibility index (Phi) is 6.23. The summed E-state index contributed by atoms with van der Waals surface area (Å²) in [6.45, 7) is 3.89. The van der Waals surface area contributed by atoms with Gasteiger partial charge in [-0.25, -0.2) is 0 Å². The van der Waals surface area contributed by atoms with Gasteiger partial charge in [-0.2, -0.15) is 0 Å². The van der Waals surface area contributed by atoms with E-state index < -0.39 is 0 Å². The minimum Gasteiger partial charge on any atom is -0.348 e. The van der Waals surface area contributed by atoms with Gasteiger partial charge in [0.25, 0.3) is 17.7 Å². The van der Waals surface area contributed by atoms with Gasteiger partial charge in [0.05, 0.1) is 17.7 Å². The predicted molar refractivity (Wildman–Crippen MR) is 129 cm³/mol. The van der Waals surface area contributed by atoms with E-state index in [-0.39, 0.29) is 24.3 Å². The van der Waals surface area contributed by atoms with Gasteiger partial charge in [0, 0.05) is 18.7 Å². The number of carbonyl (C=O) groups excluding carboxylic acids is 3. The second-order valence-corrected chi connectivity index (χ2v) is 8.92. The topological polar surface area (TPSA) is 69.7 Å². The molecule has 0 radical (unpaired) electrons. The number of nitrogens with zero attached hydrogens (tertiary/aromatic N) is 2. The molecule has 3 aromatic rings. The van der Waals surface area contributed by atoms with Gasteiger partial charge in [0.1, 0.15) is 0 Å². The van der Waals surface area contributed by atoms with E-state index >= 15 is 0 Å². The molecule has 1 saturated heterocycles. The molecule has 34 heavy (non-hydrogen) atoms. The minimum absolute atomic E-state index is 0.131. The molecule has 2 aliphatic heterocycles. The molecule has 1 fully saturated rings. The van der Waals surface area contributed by atoms with Crippen LogP contribution in [-0.4, -0.2) is 40.6 Å². The summed E-state index contributed by atoms with van der Waals surface area (Å²) in [5.74, 6) is -0.794. The summed E-state index contributed by atoms with van der Waals surface area (Å²) >= 11 is 0. The molecule has 6 heteroatoms. The fourth-order valence-electron chi connectivity index (χ4n) is 4.62. The Labute approximate surface area is 199 Å². The predicted octanol–water partition coefficient (Wildman–Crippen LogP) is 4.01. The molecule has 1 N–H and O–H groups in total. The van der Waals surface area contributed by atoms with Gasteiger partial charge >= 0.3 is 0 Å². The number of hydrogen-bond acceptors (Lipinski definition) is 4. The average Bonchev–Trinajstić information content (AvgIpc) is 3.46. The number of fused-ring (bicyclic) bond motifs is 1. The molecule has 2 heterocycles. The SMILES string of the molecule is O=C(NCc1ccc(CN2CCCC2)cc1)c1cccc(CN2C(=O)c3ccccc3C2=O)c1. The molecule has 0 aromatic heterocycles. The first-order valence-electron chi connectivity index (χ1n) is 11.7. The Hall–Kier alpha value is -3.77. The van der Waals surface area contributed by atoms with Crippen LogP contribution in [0.1, 0.15) is 60.6 Å². The van der Waals surface area contributed by atoms with E-state index in [0.717, 1.165) is 17.7 Å². The Morgan fingerprint density at radius 1 is 0.735 bits per heavy atom. The van der Waals surface area contributed by atoms with Crippen LogP contribution in [-0.2, 0) is 19.6 Å². The van der Waals surface area contributed by atoms with E-state index in [1.807, 2.05) is 6.07 Å². The molecule has 172 valence electrons. The van der Waals surface area contributed by atoms with E-state index in [4.69, 9.17) is 0 Å². The quantitative estimate of drug-likeness (QED) is 0.549. The molecular weight excluding hydrogens is 426 g/mol. The van der Waals surface area contributed by atoms with Crippen molar-refractivity contribution in [3.8, 4) is 0 Å².